The molecule has 3 nitrogen and oxygen atoms in total. The molecule has 16 heavy (non-hydrogen) atoms. The van der Waals surface area contributed by atoms with Gasteiger partial charge in [-0.1, -0.05) is 23.7 Å². The molecule has 88 valence electrons. The maximum Gasteiger partial charge on any atom is 0.220 e. The molecule has 0 aromatic heterocycles. The number of aryl methyl sites for hydroxylation is 1. The van der Waals surface area contributed by atoms with Crippen LogP contribution in [0.25, 0.3) is 0 Å². The number of nitrogens with one attached hydrogen (secondary N) is 1. The summed E-state index contributed by atoms with van der Waals surface area (Å²) in [5, 5.41) is 3.48. The number of carbonyl (C=O) groups excluding carboxylic acids is 1. The third-order valence-corrected chi connectivity index (χ3v) is 2.50. The number of carbonyl (C=O) groups is 1. The van der Waals surface area contributed by atoms with Gasteiger partial charge in [-0.2, -0.15) is 0 Å². The van der Waals surface area contributed by atoms with Crippen LogP contribution in [0.4, 0.5) is 0 Å². The van der Waals surface area contributed by atoms with Gasteiger partial charge in [0.2, 0.25) is 5.91 Å². The molecule has 0 fully saturated rings. The standard InChI is InChI=1S/C12H17ClN2O/c13-11-6-4-10(5-7-11)2-1-3-12(16)15-9-8-14/h4-7H,1-3,8-9,14H2,(H,15,16). The molecule has 1 aromatic rings. The lowest BCUT2D eigenvalue weighted by molar-refractivity contribution is -0.121. The van der Waals surface area contributed by atoms with Crippen molar-refractivity contribution in [2.45, 2.75) is 19.3 Å². The molecular weight excluding hydrogens is 224 g/mol. The van der Waals surface area contributed by atoms with E-state index in [0.717, 1.165) is 17.9 Å². The number of amides is 1. The highest BCUT2D eigenvalue weighted by atomic mass is 35.5. The number of hydrogen-bond donors (Lipinski definition) is 2. The van der Waals surface area contributed by atoms with Crippen molar-refractivity contribution in [3.8, 4) is 0 Å². The van der Waals surface area contributed by atoms with Crippen LogP contribution in [0.2, 0.25) is 5.02 Å². The van der Waals surface area contributed by atoms with E-state index in [-0.39, 0.29) is 5.91 Å². The summed E-state index contributed by atoms with van der Waals surface area (Å²) in [4.78, 5) is 11.3. The molecule has 0 aliphatic heterocycles. The van der Waals surface area contributed by atoms with Crippen LogP contribution in [-0.4, -0.2) is 19.0 Å². The van der Waals surface area contributed by atoms with E-state index >= 15 is 0 Å². The van der Waals surface area contributed by atoms with Gasteiger partial charge >= 0.3 is 0 Å². The first kappa shape index (κ1) is 13.0. The van der Waals surface area contributed by atoms with Crippen molar-refractivity contribution in [1.82, 2.24) is 5.32 Å². The molecule has 3 N–H and O–H groups in total. The molecule has 0 aliphatic carbocycles. The average molecular weight is 241 g/mol. The molecule has 1 amide bonds. The van der Waals surface area contributed by atoms with E-state index in [1.807, 2.05) is 24.3 Å². The van der Waals surface area contributed by atoms with E-state index in [9.17, 15) is 4.79 Å². The lowest BCUT2D eigenvalue weighted by Crippen LogP contribution is -2.28. The summed E-state index contributed by atoms with van der Waals surface area (Å²) in [7, 11) is 0. The van der Waals surface area contributed by atoms with Gasteiger partial charge in [-0.15, -0.1) is 0 Å². The predicted octanol–water partition coefficient (Wildman–Crippen LogP) is 1.74. The highest BCUT2D eigenvalue weighted by Gasteiger charge is 2.00. The third kappa shape index (κ3) is 5.14. The number of benzene rings is 1. The Morgan fingerprint density at radius 2 is 2.00 bits per heavy atom. The van der Waals surface area contributed by atoms with Gasteiger partial charge < -0.3 is 11.1 Å². The zero-order valence-electron chi connectivity index (χ0n) is 9.21. The Balaban J connectivity index is 2.20. The molecule has 0 bridgehead atoms. The minimum Gasteiger partial charge on any atom is -0.355 e. The lowest BCUT2D eigenvalue weighted by Gasteiger charge is -2.03. The van der Waals surface area contributed by atoms with E-state index in [2.05, 4.69) is 5.32 Å². The van der Waals surface area contributed by atoms with Gasteiger partial charge in [-0.3, -0.25) is 4.79 Å². The van der Waals surface area contributed by atoms with E-state index in [0.29, 0.717) is 19.5 Å². The summed E-state index contributed by atoms with van der Waals surface area (Å²) >= 11 is 5.78. The first-order valence-corrected chi connectivity index (χ1v) is 5.81. The van der Waals surface area contributed by atoms with E-state index in [4.69, 9.17) is 17.3 Å². The normalized spacial score (nSPS) is 10.1. The zero-order valence-corrected chi connectivity index (χ0v) is 9.96. The Morgan fingerprint density at radius 1 is 1.31 bits per heavy atom. The van der Waals surface area contributed by atoms with Gasteiger partial charge in [0.05, 0.1) is 0 Å². The molecule has 0 saturated carbocycles. The highest BCUT2D eigenvalue weighted by Crippen LogP contribution is 2.11. The molecule has 0 spiro atoms. The summed E-state index contributed by atoms with van der Waals surface area (Å²) in [6.07, 6.45) is 2.29. The van der Waals surface area contributed by atoms with Crippen molar-refractivity contribution in [3.63, 3.8) is 0 Å². The molecule has 0 unspecified atom stereocenters. The van der Waals surface area contributed by atoms with Gasteiger partial charge in [-0.25, -0.2) is 0 Å². The van der Waals surface area contributed by atoms with Crippen molar-refractivity contribution < 1.29 is 4.79 Å². The summed E-state index contributed by atoms with van der Waals surface area (Å²) < 4.78 is 0. The Bertz CT molecular complexity index is 324. The molecule has 0 aliphatic rings. The van der Waals surface area contributed by atoms with Crippen LogP contribution in [0.15, 0.2) is 24.3 Å². The third-order valence-electron chi connectivity index (χ3n) is 2.25. The van der Waals surface area contributed by atoms with Gasteiger partial charge in [-0.05, 0) is 30.5 Å². The van der Waals surface area contributed by atoms with E-state index in [1.54, 1.807) is 0 Å². The van der Waals surface area contributed by atoms with Gasteiger partial charge in [0.15, 0.2) is 0 Å². The molecule has 0 saturated heterocycles. The number of rotatable bonds is 6. The van der Waals surface area contributed by atoms with Crippen molar-refractivity contribution >= 4 is 17.5 Å². The summed E-state index contributed by atoms with van der Waals surface area (Å²) in [6.45, 7) is 1.04. The van der Waals surface area contributed by atoms with Crippen LogP contribution in [0.1, 0.15) is 18.4 Å². The maximum absolute atomic E-state index is 11.3. The largest absolute Gasteiger partial charge is 0.355 e. The minimum atomic E-state index is 0.0689. The van der Waals surface area contributed by atoms with Crippen molar-refractivity contribution in [2.75, 3.05) is 13.1 Å². The second-order valence-corrected chi connectivity index (χ2v) is 4.06. The fourth-order valence-corrected chi connectivity index (χ4v) is 1.53. The number of hydrogen-bond acceptors (Lipinski definition) is 2. The molecular formula is C12H17ClN2O. The Morgan fingerprint density at radius 3 is 2.62 bits per heavy atom. The lowest BCUT2D eigenvalue weighted by atomic mass is 10.1. The van der Waals surface area contributed by atoms with Crippen LogP contribution in [0.5, 0.6) is 0 Å². The minimum absolute atomic E-state index is 0.0689. The second kappa shape index (κ2) is 7.25. The molecule has 0 heterocycles. The van der Waals surface area contributed by atoms with E-state index < -0.39 is 0 Å². The molecule has 0 atom stereocenters. The maximum atomic E-state index is 11.3. The van der Waals surface area contributed by atoms with Crippen LogP contribution in [0.3, 0.4) is 0 Å². The van der Waals surface area contributed by atoms with Crippen LogP contribution in [0, 0.1) is 0 Å². The Labute approximate surface area is 101 Å². The predicted molar refractivity (Wildman–Crippen MR) is 66.5 cm³/mol. The average Bonchev–Trinajstić information content (AvgIpc) is 2.29. The zero-order chi connectivity index (χ0) is 11.8. The van der Waals surface area contributed by atoms with Gasteiger partial charge in [0.1, 0.15) is 0 Å². The van der Waals surface area contributed by atoms with Crippen LogP contribution >= 0.6 is 11.6 Å². The Hall–Kier alpha value is -1.06. The monoisotopic (exact) mass is 240 g/mol. The van der Waals surface area contributed by atoms with E-state index in [1.165, 1.54) is 5.56 Å². The summed E-state index contributed by atoms with van der Waals surface area (Å²) in [5.41, 5.74) is 6.49. The Kier molecular flexibility index (Phi) is 5.90. The summed E-state index contributed by atoms with van der Waals surface area (Å²) in [5.74, 6) is 0.0689. The SMILES string of the molecule is NCCNC(=O)CCCc1ccc(Cl)cc1. The first-order chi connectivity index (χ1) is 7.72. The smallest absolute Gasteiger partial charge is 0.220 e. The molecule has 0 radical (unpaired) electrons. The highest BCUT2D eigenvalue weighted by molar-refractivity contribution is 6.30. The first-order valence-electron chi connectivity index (χ1n) is 5.43. The quantitative estimate of drug-likeness (QED) is 0.796. The topological polar surface area (TPSA) is 55.1 Å². The van der Waals surface area contributed by atoms with Crippen molar-refractivity contribution in [3.05, 3.63) is 34.9 Å². The van der Waals surface area contributed by atoms with Crippen LogP contribution < -0.4 is 11.1 Å². The summed E-state index contributed by atoms with van der Waals surface area (Å²) in [6, 6.07) is 7.71. The van der Waals surface area contributed by atoms with Gasteiger partial charge in [0.25, 0.3) is 0 Å². The number of nitrogens with two attached hydrogens (primary N) is 1. The molecule has 4 heteroatoms. The fourth-order valence-electron chi connectivity index (χ4n) is 1.40. The van der Waals surface area contributed by atoms with Gasteiger partial charge in [0, 0.05) is 24.5 Å². The molecule has 1 rings (SSSR count). The van der Waals surface area contributed by atoms with Crippen molar-refractivity contribution in [1.29, 1.82) is 0 Å². The molecule has 1 aromatic carbocycles. The fraction of sp³-hybridized carbons (Fsp3) is 0.417. The van der Waals surface area contributed by atoms with Crippen LogP contribution in [-0.2, 0) is 11.2 Å². The second-order valence-electron chi connectivity index (χ2n) is 3.62. The number of halogens is 1. The van der Waals surface area contributed by atoms with Crippen molar-refractivity contribution in [2.24, 2.45) is 5.73 Å².